The van der Waals surface area contributed by atoms with Crippen LogP contribution >= 0.6 is 11.3 Å². The molecule has 0 fully saturated rings. The van der Waals surface area contributed by atoms with E-state index < -0.39 is 5.97 Å². The summed E-state index contributed by atoms with van der Waals surface area (Å²) in [7, 11) is 3.55. The number of carboxylic acids is 1. The van der Waals surface area contributed by atoms with Gasteiger partial charge in [0.05, 0.1) is 12.8 Å². The maximum atomic E-state index is 11.2. The zero-order valence-corrected chi connectivity index (χ0v) is 13.1. The Labute approximate surface area is 127 Å². The predicted molar refractivity (Wildman–Crippen MR) is 83.6 cm³/mol. The number of anilines is 1. The molecule has 0 saturated carbocycles. The Bertz CT molecular complexity index is 622. The average Bonchev–Trinajstić information content (AvgIpc) is 2.92. The van der Waals surface area contributed by atoms with E-state index in [1.54, 1.807) is 7.11 Å². The number of carbonyl (C=O) groups is 1. The van der Waals surface area contributed by atoms with Crippen LogP contribution in [0.25, 0.3) is 0 Å². The van der Waals surface area contributed by atoms with Gasteiger partial charge in [-0.15, -0.1) is 0 Å². The molecule has 1 heterocycles. The number of aromatic nitrogens is 1. The largest absolute Gasteiger partial charge is 0.497 e. The molecule has 0 aliphatic rings. The lowest BCUT2D eigenvalue weighted by Crippen LogP contribution is -2.16. The smallest absolute Gasteiger partial charge is 0.347 e. The summed E-state index contributed by atoms with van der Waals surface area (Å²) in [5.41, 5.74) is 1.76. The normalized spacial score (nSPS) is 10.4. The van der Waals surface area contributed by atoms with Gasteiger partial charge in [0.15, 0.2) is 5.13 Å². The predicted octanol–water partition coefficient (Wildman–Crippen LogP) is 3.05. The number of ether oxygens (including phenoxy) is 1. The second-order valence-corrected chi connectivity index (χ2v) is 5.61. The lowest BCUT2D eigenvalue weighted by Gasteiger charge is -2.15. The van der Waals surface area contributed by atoms with Crippen molar-refractivity contribution in [2.24, 2.45) is 0 Å². The van der Waals surface area contributed by atoms with E-state index in [1.807, 2.05) is 43.1 Å². The molecule has 0 spiro atoms. The van der Waals surface area contributed by atoms with E-state index in [1.165, 1.54) is 11.3 Å². The number of nitrogens with zero attached hydrogens (tertiary/aromatic N) is 2. The molecule has 6 heteroatoms. The van der Waals surface area contributed by atoms with E-state index in [0.717, 1.165) is 16.4 Å². The first kappa shape index (κ1) is 15.3. The van der Waals surface area contributed by atoms with Crippen molar-refractivity contribution in [2.75, 3.05) is 19.1 Å². The minimum absolute atomic E-state index is 0.328. The quantitative estimate of drug-likeness (QED) is 0.888. The number of rotatable bonds is 6. The van der Waals surface area contributed by atoms with Gasteiger partial charge < -0.3 is 14.7 Å². The molecular formula is C15H18N2O3S. The number of thiazole rings is 1. The summed E-state index contributed by atoms with van der Waals surface area (Å²) in [5.74, 6) is -0.0921. The van der Waals surface area contributed by atoms with E-state index in [2.05, 4.69) is 4.98 Å². The highest BCUT2D eigenvalue weighted by molar-refractivity contribution is 7.17. The molecule has 0 amide bonds. The number of hydrogen-bond acceptors (Lipinski definition) is 5. The second kappa shape index (κ2) is 6.58. The van der Waals surface area contributed by atoms with Gasteiger partial charge in [0.25, 0.3) is 0 Å². The van der Waals surface area contributed by atoms with E-state index in [4.69, 9.17) is 4.74 Å². The van der Waals surface area contributed by atoms with Crippen molar-refractivity contribution in [3.63, 3.8) is 0 Å². The minimum atomic E-state index is -0.909. The number of benzene rings is 1. The van der Waals surface area contributed by atoms with Gasteiger partial charge in [-0.2, -0.15) is 0 Å². The van der Waals surface area contributed by atoms with Crippen LogP contribution in [0, 0.1) is 0 Å². The summed E-state index contributed by atoms with van der Waals surface area (Å²) >= 11 is 1.22. The topological polar surface area (TPSA) is 62.7 Å². The van der Waals surface area contributed by atoms with E-state index in [-0.39, 0.29) is 0 Å². The van der Waals surface area contributed by atoms with Crippen LogP contribution in [0.5, 0.6) is 5.75 Å². The highest BCUT2D eigenvalue weighted by Gasteiger charge is 2.18. The Balaban J connectivity index is 2.15. The van der Waals surface area contributed by atoms with Crippen LogP contribution in [0.4, 0.5) is 5.13 Å². The molecular weight excluding hydrogens is 288 g/mol. The highest BCUT2D eigenvalue weighted by Crippen LogP contribution is 2.27. The molecule has 1 aromatic heterocycles. The summed E-state index contributed by atoms with van der Waals surface area (Å²) in [4.78, 5) is 17.9. The van der Waals surface area contributed by atoms with Gasteiger partial charge in [0.1, 0.15) is 10.6 Å². The third-order valence-electron chi connectivity index (χ3n) is 3.12. The fourth-order valence-electron chi connectivity index (χ4n) is 1.98. The van der Waals surface area contributed by atoms with E-state index in [0.29, 0.717) is 23.5 Å². The molecule has 2 rings (SSSR count). The van der Waals surface area contributed by atoms with Crippen LogP contribution in [0.15, 0.2) is 24.3 Å². The first-order valence-electron chi connectivity index (χ1n) is 6.62. The second-order valence-electron chi connectivity index (χ2n) is 4.64. The third-order valence-corrected chi connectivity index (χ3v) is 4.32. The Morgan fingerprint density at radius 3 is 2.52 bits per heavy atom. The van der Waals surface area contributed by atoms with E-state index >= 15 is 0 Å². The van der Waals surface area contributed by atoms with Crippen LogP contribution in [-0.4, -0.2) is 30.2 Å². The monoisotopic (exact) mass is 306 g/mol. The number of methoxy groups -OCH3 is 1. The van der Waals surface area contributed by atoms with Crippen molar-refractivity contribution in [2.45, 2.75) is 19.9 Å². The molecule has 0 aliphatic carbocycles. The standard InChI is InChI=1S/C15H18N2O3S/c1-4-12-13(14(18)19)21-15(16-12)17(2)9-10-5-7-11(20-3)8-6-10/h5-8H,4,9H2,1-3H3,(H,18,19). The Hall–Kier alpha value is -2.08. The summed E-state index contributed by atoms with van der Waals surface area (Å²) in [6.07, 6.45) is 0.620. The SMILES string of the molecule is CCc1nc(N(C)Cc2ccc(OC)cc2)sc1C(=O)O. The summed E-state index contributed by atoms with van der Waals surface area (Å²) in [6, 6.07) is 7.79. The summed E-state index contributed by atoms with van der Waals surface area (Å²) < 4.78 is 5.13. The molecule has 0 bridgehead atoms. The molecule has 0 saturated heterocycles. The van der Waals surface area contributed by atoms with Crippen molar-refractivity contribution in [3.8, 4) is 5.75 Å². The van der Waals surface area contributed by atoms with Crippen LogP contribution in [0.3, 0.4) is 0 Å². The maximum Gasteiger partial charge on any atom is 0.347 e. The van der Waals surface area contributed by atoms with Crippen molar-refractivity contribution in [1.29, 1.82) is 0 Å². The van der Waals surface area contributed by atoms with Crippen molar-refractivity contribution in [3.05, 3.63) is 40.4 Å². The molecule has 0 radical (unpaired) electrons. The molecule has 5 nitrogen and oxygen atoms in total. The molecule has 1 N–H and O–H groups in total. The first-order chi connectivity index (χ1) is 10.0. The van der Waals surface area contributed by atoms with Crippen molar-refractivity contribution >= 4 is 22.4 Å². The fraction of sp³-hybridized carbons (Fsp3) is 0.333. The third kappa shape index (κ3) is 3.52. The summed E-state index contributed by atoms with van der Waals surface area (Å²) in [5, 5.41) is 9.90. The number of aromatic carboxylic acids is 1. The minimum Gasteiger partial charge on any atom is -0.497 e. The zero-order chi connectivity index (χ0) is 15.4. The lowest BCUT2D eigenvalue weighted by atomic mass is 10.2. The fourth-order valence-corrected chi connectivity index (χ4v) is 2.94. The van der Waals surface area contributed by atoms with Crippen LogP contribution in [0.1, 0.15) is 27.9 Å². The average molecular weight is 306 g/mol. The van der Waals surface area contributed by atoms with Gasteiger partial charge in [0, 0.05) is 13.6 Å². The van der Waals surface area contributed by atoms with Gasteiger partial charge in [0.2, 0.25) is 0 Å². The lowest BCUT2D eigenvalue weighted by molar-refractivity contribution is 0.0701. The Kier molecular flexibility index (Phi) is 4.80. The van der Waals surface area contributed by atoms with Gasteiger partial charge in [-0.05, 0) is 24.1 Å². The molecule has 2 aromatic rings. The number of hydrogen-bond donors (Lipinski definition) is 1. The van der Waals surface area contributed by atoms with Crippen molar-refractivity contribution in [1.82, 2.24) is 4.98 Å². The van der Waals surface area contributed by atoms with E-state index in [9.17, 15) is 9.90 Å². The Morgan fingerprint density at radius 1 is 1.38 bits per heavy atom. The van der Waals surface area contributed by atoms with Gasteiger partial charge in [-0.3, -0.25) is 0 Å². The highest BCUT2D eigenvalue weighted by atomic mass is 32.1. The Morgan fingerprint density at radius 2 is 2.05 bits per heavy atom. The van der Waals surface area contributed by atoms with Crippen LogP contribution in [-0.2, 0) is 13.0 Å². The van der Waals surface area contributed by atoms with Crippen LogP contribution < -0.4 is 9.64 Å². The molecule has 0 aliphatic heterocycles. The first-order valence-corrected chi connectivity index (χ1v) is 7.43. The van der Waals surface area contributed by atoms with Crippen molar-refractivity contribution < 1.29 is 14.6 Å². The van der Waals surface area contributed by atoms with Gasteiger partial charge in [-0.1, -0.05) is 30.4 Å². The van der Waals surface area contributed by atoms with Gasteiger partial charge in [-0.25, -0.2) is 9.78 Å². The maximum absolute atomic E-state index is 11.2. The zero-order valence-electron chi connectivity index (χ0n) is 12.3. The molecule has 21 heavy (non-hydrogen) atoms. The molecule has 0 unspecified atom stereocenters. The number of aryl methyl sites for hydroxylation is 1. The number of carboxylic acid groups (broad SMARTS) is 1. The molecule has 1 aromatic carbocycles. The van der Waals surface area contributed by atoms with Gasteiger partial charge >= 0.3 is 5.97 Å². The van der Waals surface area contributed by atoms with Crippen LogP contribution in [0.2, 0.25) is 0 Å². The molecule has 112 valence electrons. The summed E-state index contributed by atoms with van der Waals surface area (Å²) in [6.45, 7) is 2.58. The molecule has 0 atom stereocenters.